The number of benzene rings is 1. The summed E-state index contributed by atoms with van der Waals surface area (Å²) in [4.78, 5) is 0. The van der Waals surface area contributed by atoms with Crippen LogP contribution in [0.5, 0.6) is 5.75 Å². The Morgan fingerprint density at radius 3 is 2.88 bits per heavy atom. The topological polar surface area (TPSA) is 41.5 Å². The number of halogens is 1. The van der Waals surface area contributed by atoms with Gasteiger partial charge in [0.15, 0.2) is 0 Å². The SMILES string of the molecule is CCOCC(C)NCc1ccc(O)c(Cl)c1. The molecule has 0 aromatic heterocycles. The number of phenols is 1. The molecule has 1 rings (SSSR count). The van der Waals surface area contributed by atoms with E-state index in [1.807, 2.05) is 13.0 Å². The molecule has 0 aliphatic rings. The van der Waals surface area contributed by atoms with E-state index in [0.29, 0.717) is 24.2 Å². The first-order valence-corrected chi connectivity index (χ1v) is 5.79. The van der Waals surface area contributed by atoms with Gasteiger partial charge in [-0.3, -0.25) is 0 Å². The molecule has 0 spiro atoms. The molecule has 2 N–H and O–H groups in total. The van der Waals surface area contributed by atoms with Gasteiger partial charge >= 0.3 is 0 Å². The van der Waals surface area contributed by atoms with E-state index >= 15 is 0 Å². The zero-order valence-electron chi connectivity index (χ0n) is 9.66. The maximum atomic E-state index is 9.26. The van der Waals surface area contributed by atoms with E-state index in [1.165, 1.54) is 0 Å². The van der Waals surface area contributed by atoms with Crippen LogP contribution < -0.4 is 5.32 Å². The lowest BCUT2D eigenvalue weighted by Crippen LogP contribution is -2.30. The summed E-state index contributed by atoms with van der Waals surface area (Å²) in [7, 11) is 0. The van der Waals surface area contributed by atoms with Crippen LogP contribution in [0.1, 0.15) is 19.4 Å². The van der Waals surface area contributed by atoms with Crippen LogP contribution in [-0.2, 0) is 11.3 Å². The molecule has 0 fully saturated rings. The number of phenolic OH excluding ortho intramolecular Hbond substituents is 1. The number of rotatable bonds is 6. The molecule has 90 valence electrons. The van der Waals surface area contributed by atoms with Crippen LogP contribution in [0.15, 0.2) is 18.2 Å². The normalized spacial score (nSPS) is 12.7. The number of hydrogen-bond acceptors (Lipinski definition) is 3. The Kier molecular flexibility index (Phi) is 5.60. The fourth-order valence-corrected chi connectivity index (χ4v) is 1.51. The summed E-state index contributed by atoms with van der Waals surface area (Å²) in [5.74, 6) is 0.118. The van der Waals surface area contributed by atoms with Crippen LogP contribution in [0.3, 0.4) is 0 Å². The fourth-order valence-electron chi connectivity index (χ4n) is 1.31. The summed E-state index contributed by atoms with van der Waals surface area (Å²) in [5.41, 5.74) is 1.05. The molecule has 1 unspecified atom stereocenters. The van der Waals surface area contributed by atoms with Gasteiger partial charge < -0.3 is 15.2 Å². The molecule has 0 aliphatic heterocycles. The molecule has 3 nitrogen and oxygen atoms in total. The van der Waals surface area contributed by atoms with Crippen LogP contribution in [0.2, 0.25) is 5.02 Å². The summed E-state index contributed by atoms with van der Waals surface area (Å²) in [6, 6.07) is 5.51. The van der Waals surface area contributed by atoms with Gasteiger partial charge in [-0.05, 0) is 31.5 Å². The molecule has 16 heavy (non-hydrogen) atoms. The van der Waals surface area contributed by atoms with Crippen molar-refractivity contribution in [3.8, 4) is 5.75 Å². The molecular formula is C12H18ClNO2. The first kappa shape index (κ1) is 13.3. The Morgan fingerprint density at radius 1 is 1.50 bits per heavy atom. The largest absolute Gasteiger partial charge is 0.506 e. The smallest absolute Gasteiger partial charge is 0.134 e. The lowest BCUT2D eigenvalue weighted by atomic mass is 10.2. The van der Waals surface area contributed by atoms with Gasteiger partial charge in [0, 0.05) is 19.2 Å². The fraction of sp³-hybridized carbons (Fsp3) is 0.500. The standard InChI is InChI=1S/C12H18ClNO2/c1-3-16-8-9(2)14-7-10-4-5-12(15)11(13)6-10/h4-6,9,14-15H,3,7-8H2,1-2H3. The molecule has 4 heteroatoms. The third-order valence-electron chi connectivity index (χ3n) is 2.24. The van der Waals surface area contributed by atoms with Gasteiger partial charge in [-0.15, -0.1) is 0 Å². The van der Waals surface area contributed by atoms with Crippen molar-refractivity contribution in [2.24, 2.45) is 0 Å². The van der Waals surface area contributed by atoms with E-state index in [2.05, 4.69) is 12.2 Å². The summed E-state index contributed by atoms with van der Waals surface area (Å²) >= 11 is 5.81. The van der Waals surface area contributed by atoms with Crippen molar-refractivity contribution in [2.45, 2.75) is 26.4 Å². The molecule has 1 aromatic rings. The summed E-state index contributed by atoms with van der Waals surface area (Å²) in [5, 5.41) is 13.0. The maximum absolute atomic E-state index is 9.26. The molecule has 0 radical (unpaired) electrons. The van der Waals surface area contributed by atoms with Gasteiger partial charge in [0.1, 0.15) is 5.75 Å². The first-order chi connectivity index (χ1) is 7.63. The molecule has 0 heterocycles. The molecule has 0 saturated heterocycles. The summed E-state index contributed by atoms with van der Waals surface area (Å²) in [6.45, 7) is 6.19. The molecule has 0 aliphatic carbocycles. The molecule has 0 bridgehead atoms. The quantitative estimate of drug-likeness (QED) is 0.807. The number of ether oxygens (including phenoxy) is 1. The Bertz CT molecular complexity index is 331. The van der Waals surface area contributed by atoms with E-state index < -0.39 is 0 Å². The minimum absolute atomic E-state index is 0.118. The summed E-state index contributed by atoms with van der Waals surface area (Å²) in [6.07, 6.45) is 0. The molecule has 0 saturated carbocycles. The zero-order chi connectivity index (χ0) is 12.0. The second-order valence-electron chi connectivity index (χ2n) is 3.73. The van der Waals surface area contributed by atoms with E-state index in [9.17, 15) is 5.11 Å². The van der Waals surface area contributed by atoms with Crippen LogP contribution >= 0.6 is 11.6 Å². The Hall–Kier alpha value is -0.770. The minimum Gasteiger partial charge on any atom is -0.506 e. The Labute approximate surface area is 101 Å². The van der Waals surface area contributed by atoms with E-state index in [-0.39, 0.29) is 5.75 Å². The minimum atomic E-state index is 0.118. The predicted molar refractivity (Wildman–Crippen MR) is 65.9 cm³/mol. The van der Waals surface area contributed by atoms with Crippen LogP contribution in [-0.4, -0.2) is 24.4 Å². The maximum Gasteiger partial charge on any atom is 0.134 e. The van der Waals surface area contributed by atoms with E-state index in [1.54, 1.807) is 12.1 Å². The lowest BCUT2D eigenvalue weighted by molar-refractivity contribution is 0.127. The Balaban J connectivity index is 2.39. The zero-order valence-corrected chi connectivity index (χ0v) is 10.4. The van der Waals surface area contributed by atoms with Crippen LogP contribution in [0, 0.1) is 0 Å². The van der Waals surface area contributed by atoms with Crippen molar-refractivity contribution in [3.63, 3.8) is 0 Å². The number of nitrogens with one attached hydrogen (secondary N) is 1. The second-order valence-corrected chi connectivity index (χ2v) is 4.13. The summed E-state index contributed by atoms with van der Waals surface area (Å²) < 4.78 is 5.30. The molecule has 0 amide bonds. The predicted octanol–water partition coefficient (Wildman–Crippen LogP) is 2.56. The molecule has 1 atom stereocenters. The van der Waals surface area contributed by atoms with Crippen LogP contribution in [0.25, 0.3) is 0 Å². The van der Waals surface area contributed by atoms with Crippen molar-refractivity contribution in [2.75, 3.05) is 13.2 Å². The van der Waals surface area contributed by atoms with E-state index in [4.69, 9.17) is 16.3 Å². The van der Waals surface area contributed by atoms with Gasteiger partial charge in [0.05, 0.1) is 11.6 Å². The molecule has 1 aromatic carbocycles. The Morgan fingerprint density at radius 2 is 2.25 bits per heavy atom. The highest BCUT2D eigenvalue weighted by Crippen LogP contribution is 2.23. The van der Waals surface area contributed by atoms with Crippen molar-refractivity contribution < 1.29 is 9.84 Å². The van der Waals surface area contributed by atoms with Gasteiger partial charge in [-0.2, -0.15) is 0 Å². The second kappa shape index (κ2) is 6.74. The van der Waals surface area contributed by atoms with Gasteiger partial charge in [0.2, 0.25) is 0 Å². The highest BCUT2D eigenvalue weighted by molar-refractivity contribution is 6.32. The number of aromatic hydroxyl groups is 1. The van der Waals surface area contributed by atoms with Crippen molar-refractivity contribution in [1.82, 2.24) is 5.32 Å². The van der Waals surface area contributed by atoms with Gasteiger partial charge in [-0.25, -0.2) is 0 Å². The highest BCUT2D eigenvalue weighted by Gasteiger charge is 2.03. The van der Waals surface area contributed by atoms with Gasteiger partial charge in [-0.1, -0.05) is 17.7 Å². The van der Waals surface area contributed by atoms with E-state index in [0.717, 1.165) is 12.2 Å². The monoisotopic (exact) mass is 243 g/mol. The average molecular weight is 244 g/mol. The average Bonchev–Trinajstić information content (AvgIpc) is 2.28. The van der Waals surface area contributed by atoms with Crippen molar-refractivity contribution in [1.29, 1.82) is 0 Å². The molecular weight excluding hydrogens is 226 g/mol. The highest BCUT2D eigenvalue weighted by atomic mass is 35.5. The number of hydrogen-bond donors (Lipinski definition) is 2. The third-order valence-corrected chi connectivity index (χ3v) is 2.54. The first-order valence-electron chi connectivity index (χ1n) is 5.42. The lowest BCUT2D eigenvalue weighted by Gasteiger charge is -2.13. The van der Waals surface area contributed by atoms with Crippen molar-refractivity contribution >= 4 is 11.6 Å². The van der Waals surface area contributed by atoms with Gasteiger partial charge in [0.25, 0.3) is 0 Å². The third kappa shape index (κ3) is 4.39. The van der Waals surface area contributed by atoms with Crippen LogP contribution in [0.4, 0.5) is 0 Å². The van der Waals surface area contributed by atoms with Crippen molar-refractivity contribution in [3.05, 3.63) is 28.8 Å².